The topological polar surface area (TPSA) is 96.1 Å². The summed E-state index contributed by atoms with van der Waals surface area (Å²) in [4.78, 5) is 26.5. The van der Waals surface area contributed by atoms with Crippen LogP contribution in [0.25, 0.3) is 11.1 Å². The number of hydrogen-bond acceptors (Lipinski definition) is 4. The van der Waals surface area contributed by atoms with Crippen molar-refractivity contribution < 1.29 is 14.3 Å². The molecule has 5 rings (SSSR count). The Balaban J connectivity index is 1.44. The first-order valence-corrected chi connectivity index (χ1v) is 12.5. The summed E-state index contributed by atoms with van der Waals surface area (Å²) in [6, 6.07) is 26.2. The van der Waals surface area contributed by atoms with Gasteiger partial charge in [0, 0.05) is 22.9 Å². The zero-order valence-corrected chi connectivity index (χ0v) is 20.9. The molecule has 0 radical (unpaired) electrons. The van der Waals surface area contributed by atoms with E-state index >= 15 is 0 Å². The van der Waals surface area contributed by atoms with E-state index in [1.165, 1.54) is 0 Å². The molecule has 188 valence electrons. The highest BCUT2D eigenvalue weighted by atomic mass is 16.6. The number of carbonyl (C=O) groups excluding carboxylic acids is 2. The Morgan fingerprint density at radius 3 is 2.00 bits per heavy atom. The van der Waals surface area contributed by atoms with Gasteiger partial charge in [0.1, 0.15) is 12.1 Å². The van der Waals surface area contributed by atoms with Crippen LogP contribution < -0.4 is 10.6 Å². The van der Waals surface area contributed by atoms with E-state index in [1.807, 2.05) is 98.8 Å². The molecule has 7 heteroatoms. The first-order valence-electron chi connectivity index (χ1n) is 12.5. The number of alkyl carbamates (subject to hydrolysis) is 1. The van der Waals surface area contributed by atoms with E-state index in [2.05, 4.69) is 20.8 Å². The maximum Gasteiger partial charge on any atom is 0.408 e. The lowest BCUT2D eigenvalue weighted by Gasteiger charge is -2.28. The predicted molar refractivity (Wildman–Crippen MR) is 143 cm³/mol. The smallest absolute Gasteiger partial charge is 0.408 e. The molecule has 4 aromatic rings. The van der Waals surface area contributed by atoms with Crippen molar-refractivity contribution in [1.82, 2.24) is 15.5 Å². The molecule has 0 bridgehead atoms. The van der Waals surface area contributed by atoms with Crippen LogP contribution in [0.2, 0.25) is 0 Å². The van der Waals surface area contributed by atoms with Crippen LogP contribution in [-0.4, -0.2) is 34.3 Å². The van der Waals surface area contributed by atoms with Gasteiger partial charge in [-0.15, -0.1) is 0 Å². The zero-order valence-electron chi connectivity index (χ0n) is 20.9. The van der Waals surface area contributed by atoms with Crippen LogP contribution in [0.1, 0.15) is 41.3 Å². The minimum absolute atomic E-state index is 0.0713. The van der Waals surface area contributed by atoms with Crippen molar-refractivity contribution in [2.45, 2.75) is 44.8 Å². The van der Waals surface area contributed by atoms with Crippen LogP contribution >= 0.6 is 0 Å². The monoisotopic (exact) mass is 494 g/mol. The average Bonchev–Trinajstić information content (AvgIpc) is 3.66. The summed E-state index contributed by atoms with van der Waals surface area (Å²) in [5, 5.41) is 13.1. The van der Waals surface area contributed by atoms with E-state index < -0.39 is 18.1 Å². The number of hydrogen-bond donors (Lipinski definition) is 3. The second-order valence-corrected chi connectivity index (χ2v) is 9.40. The number of aryl methyl sites for hydroxylation is 2. The van der Waals surface area contributed by atoms with Crippen LogP contribution in [0.3, 0.4) is 0 Å². The Morgan fingerprint density at radius 2 is 1.49 bits per heavy atom. The molecular weight excluding hydrogens is 464 g/mol. The lowest BCUT2D eigenvalue weighted by atomic mass is 9.84. The normalized spacial score (nSPS) is 13.7. The molecule has 1 heterocycles. The fourth-order valence-electron chi connectivity index (χ4n) is 4.61. The number of benzene rings is 3. The molecule has 1 atom stereocenters. The number of anilines is 1. The highest BCUT2D eigenvalue weighted by Crippen LogP contribution is 2.31. The number of ether oxygens (including phenoxy) is 1. The van der Waals surface area contributed by atoms with Gasteiger partial charge >= 0.3 is 6.09 Å². The third-order valence-electron chi connectivity index (χ3n) is 6.57. The van der Waals surface area contributed by atoms with Gasteiger partial charge in [-0.2, -0.15) is 5.10 Å². The molecule has 1 saturated carbocycles. The third-order valence-corrected chi connectivity index (χ3v) is 6.57. The molecule has 1 aliphatic carbocycles. The van der Waals surface area contributed by atoms with Crippen LogP contribution in [0, 0.1) is 13.8 Å². The maximum atomic E-state index is 13.8. The second kappa shape index (κ2) is 10.7. The summed E-state index contributed by atoms with van der Waals surface area (Å²) in [6.45, 7) is 3.94. The molecule has 0 unspecified atom stereocenters. The van der Waals surface area contributed by atoms with Crippen molar-refractivity contribution in [1.29, 1.82) is 0 Å². The number of nitrogens with one attached hydrogen (secondary N) is 3. The minimum Gasteiger partial charge on any atom is -0.446 e. The fraction of sp³-hybridized carbons (Fsp3) is 0.233. The van der Waals surface area contributed by atoms with Crippen molar-refractivity contribution in [2.24, 2.45) is 0 Å². The summed E-state index contributed by atoms with van der Waals surface area (Å²) in [5.41, 5.74) is 6.44. The van der Waals surface area contributed by atoms with Crippen LogP contribution in [0.4, 0.5) is 10.5 Å². The van der Waals surface area contributed by atoms with E-state index in [0.717, 1.165) is 46.5 Å². The number of aromatic amines is 1. The van der Waals surface area contributed by atoms with Crippen molar-refractivity contribution in [3.8, 4) is 11.1 Å². The summed E-state index contributed by atoms with van der Waals surface area (Å²) in [6.07, 6.45) is 1.05. The van der Waals surface area contributed by atoms with Gasteiger partial charge in [0.05, 0.1) is 5.69 Å². The number of nitrogens with zero attached hydrogens (tertiary/aromatic N) is 1. The first kappa shape index (κ1) is 24.3. The molecule has 1 fully saturated rings. The number of aromatic nitrogens is 2. The molecule has 1 aromatic heterocycles. The van der Waals surface area contributed by atoms with E-state index in [9.17, 15) is 9.59 Å². The standard InChI is InChI=1S/C30H30N4O3/c1-19-26(20(2)34-33-19)23-13-15-24(16-14-23)31-29(35)28(32-30(36)37-25-17-18-25)27(21-9-5-3-6-10-21)22-11-7-4-8-12-22/h3-16,25,27-28H,17-18H2,1-2H3,(H,31,35)(H,32,36)(H,33,34)/t28-/m0/s1. The van der Waals surface area contributed by atoms with E-state index in [-0.39, 0.29) is 12.0 Å². The van der Waals surface area contributed by atoms with Crippen molar-refractivity contribution in [3.05, 3.63) is 107 Å². The molecule has 3 N–H and O–H groups in total. The quantitative estimate of drug-likeness (QED) is 0.292. The number of carbonyl (C=O) groups is 2. The van der Waals surface area contributed by atoms with Gasteiger partial charge in [0.15, 0.2) is 0 Å². The highest BCUT2D eigenvalue weighted by Gasteiger charge is 2.35. The number of amides is 2. The van der Waals surface area contributed by atoms with Gasteiger partial charge in [-0.25, -0.2) is 4.79 Å². The Bertz CT molecular complexity index is 1300. The lowest BCUT2D eigenvalue weighted by molar-refractivity contribution is -0.118. The molecule has 3 aromatic carbocycles. The van der Waals surface area contributed by atoms with Crippen molar-refractivity contribution in [2.75, 3.05) is 5.32 Å². The van der Waals surface area contributed by atoms with Gasteiger partial charge in [-0.3, -0.25) is 9.89 Å². The molecule has 0 aliphatic heterocycles. The second-order valence-electron chi connectivity index (χ2n) is 9.40. The van der Waals surface area contributed by atoms with Gasteiger partial charge in [-0.05, 0) is 55.5 Å². The number of H-pyrrole nitrogens is 1. The molecule has 37 heavy (non-hydrogen) atoms. The van der Waals surface area contributed by atoms with Gasteiger partial charge < -0.3 is 15.4 Å². The maximum absolute atomic E-state index is 13.8. The van der Waals surface area contributed by atoms with Crippen LogP contribution in [0.5, 0.6) is 0 Å². The fourth-order valence-corrected chi connectivity index (χ4v) is 4.61. The summed E-state index contributed by atoms with van der Waals surface area (Å²) in [5.74, 6) is -0.737. The lowest BCUT2D eigenvalue weighted by Crippen LogP contribution is -2.48. The van der Waals surface area contributed by atoms with Crippen LogP contribution in [-0.2, 0) is 9.53 Å². The van der Waals surface area contributed by atoms with E-state index in [1.54, 1.807) is 0 Å². The van der Waals surface area contributed by atoms with E-state index in [0.29, 0.717) is 5.69 Å². The minimum atomic E-state index is -0.894. The largest absolute Gasteiger partial charge is 0.446 e. The Labute approximate surface area is 216 Å². The van der Waals surface area contributed by atoms with Gasteiger partial charge in [-0.1, -0.05) is 72.8 Å². The summed E-state index contributed by atoms with van der Waals surface area (Å²) < 4.78 is 5.45. The molecule has 0 saturated heterocycles. The van der Waals surface area contributed by atoms with Crippen molar-refractivity contribution >= 4 is 17.7 Å². The molecular formula is C30H30N4O3. The molecule has 1 aliphatic rings. The molecule has 2 amide bonds. The molecule has 0 spiro atoms. The average molecular weight is 495 g/mol. The zero-order chi connectivity index (χ0) is 25.8. The number of rotatable bonds is 8. The predicted octanol–water partition coefficient (Wildman–Crippen LogP) is 5.72. The summed E-state index contributed by atoms with van der Waals surface area (Å²) >= 11 is 0. The van der Waals surface area contributed by atoms with E-state index in [4.69, 9.17) is 4.74 Å². The van der Waals surface area contributed by atoms with Gasteiger partial charge in [0.25, 0.3) is 0 Å². The van der Waals surface area contributed by atoms with Crippen molar-refractivity contribution in [3.63, 3.8) is 0 Å². The van der Waals surface area contributed by atoms with Gasteiger partial charge in [0.2, 0.25) is 5.91 Å². The third kappa shape index (κ3) is 5.72. The highest BCUT2D eigenvalue weighted by molar-refractivity contribution is 5.98. The Hall–Kier alpha value is -4.39. The van der Waals surface area contributed by atoms with Crippen LogP contribution in [0.15, 0.2) is 84.9 Å². The molecule has 7 nitrogen and oxygen atoms in total. The first-order chi connectivity index (χ1) is 18.0. The Morgan fingerprint density at radius 1 is 0.892 bits per heavy atom. The Kier molecular flexibility index (Phi) is 7.03. The summed E-state index contributed by atoms with van der Waals surface area (Å²) in [7, 11) is 0. The SMILES string of the molecule is Cc1n[nH]c(C)c1-c1ccc(NC(=O)[C@@H](NC(=O)OC2CC2)C(c2ccccc2)c2ccccc2)cc1.